The number of ether oxygens (including phenoxy) is 1. The maximum atomic E-state index is 14.2. The highest BCUT2D eigenvalue weighted by Gasteiger charge is 2.31. The van der Waals surface area contributed by atoms with Gasteiger partial charge >= 0.3 is 5.97 Å². The van der Waals surface area contributed by atoms with Crippen molar-refractivity contribution in [3.63, 3.8) is 0 Å². The molecule has 0 bridgehead atoms. The first-order valence-electron chi connectivity index (χ1n) is 15.6. The smallest absolute Gasteiger partial charge is 0.355 e. The van der Waals surface area contributed by atoms with E-state index in [0.717, 1.165) is 64.8 Å². The van der Waals surface area contributed by atoms with E-state index < -0.39 is 17.8 Å². The van der Waals surface area contributed by atoms with E-state index in [1.54, 1.807) is 29.5 Å². The number of aromatic carboxylic acids is 1. The van der Waals surface area contributed by atoms with Gasteiger partial charge in [0.1, 0.15) is 11.4 Å². The van der Waals surface area contributed by atoms with Gasteiger partial charge < -0.3 is 26.2 Å². The number of aryl methyl sites for hydroxylation is 2. The molecule has 4 aromatic rings. The molecule has 2 amide bonds. The van der Waals surface area contributed by atoms with Crippen molar-refractivity contribution in [2.45, 2.75) is 71.4 Å². The maximum Gasteiger partial charge on any atom is 0.355 e. The van der Waals surface area contributed by atoms with Crippen LogP contribution in [0, 0.1) is 13.8 Å². The number of benzene rings is 2. The van der Waals surface area contributed by atoms with E-state index in [-0.39, 0.29) is 28.1 Å². The number of amides is 2. The molecule has 1 fully saturated rings. The summed E-state index contributed by atoms with van der Waals surface area (Å²) in [6, 6.07) is 12.5. The summed E-state index contributed by atoms with van der Waals surface area (Å²) < 4.78 is 6.16. The Kier molecular flexibility index (Phi) is 8.67. The fourth-order valence-corrected chi connectivity index (χ4v) is 7.61. The van der Waals surface area contributed by atoms with Crippen LogP contribution in [0.4, 0.5) is 5.69 Å². The van der Waals surface area contributed by atoms with Crippen molar-refractivity contribution in [1.82, 2.24) is 10.3 Å². The molecule has 3 heterocycles. The number of pyridine rings is 1. The number of nitrogens with one attached hydrogen (secondary N) is 2. The summed E-state index contributed by atoms with van der Waals surface area (Å²) in [5.41, 5.74) is 11.3. The molecule has 9 nitrogen and oxygen atoms in total. The number of carboxylic acid groups (broad SMARTS) is 1. The van der Waals surface area contributed by atoms with Gasteiger partial charge in [-0.3, -0.25) is 9.59 Å². The molecular weight excluding hydrogens is 600 g/mol. The number of aromatic nitrogens is 1. The molecule has 0 spiro atoms. The molecule has 2 aromatic heterocycles. The highest BCUT2D eigenvalue weighted by molar-refractivity contribution is 7.13. The lowest BCUT2D eigenvalue weighted by molar-refractivity contribution is 0.0691. The van der Waals surface area contributed by atoms with Gasteiger partial charge in [0.05, 0.1) is 6.61 Å². The Morgan fingerprint density at radius 1 is 0.978 bits per heavy atom. The second-order valence-corrected chi connectivity index (χ2v) is 13.4. The number of carboxylic acids is 1. The van der Waals surface area contributed by atoms with Crippen LogP contribution in [0.15, 0.2) is 47.8 Å². The Labute approximate surface area is 272 Å². The third-order valence-electron chi connectivity index (χ3n) is 9.04. The van der Waals surface area contributed by atoms with Gasteiger partial charge in [0.15, 0.2) is 5.69 Å². The van der Waals surface area contributed by atoms with Crippen LogP contribution in [0.5, 0.6) is 5.75 Å². The third kappa shape index (κ3) is 6.15. The Morgan fingerprint density at radius 3 is 2.41 bits per heavy atom. The highest BCUT2D eigenvalue weighted by atomic mass is 32.1. The maximum absolute atomic E-state index is 14.2. The van der Waals surface area contributed by atoms with Crippen molar-refractivity contribution in [3.8, 4) is 27.3 Å². The van der Waals surface area contributed by atoms with Gasteiger partial charge in [0.25, 0.3) is 11.8 Å². The molecule has 2 aromatic carbocycles. The first-order valence-corrected chi connectivity index (χ1v) is 16.5. The summed E-state index contributed by atoms with van der Waals surface area (Å²) in [6.45, 7) is 6.66. The number of carbonyl (C=O) groups excluding carboxylic acids is 2. The second kappa shape index (κ2) is 12.7. The van der Waals surface area contributed by atoms with Crippen LogP contribution < -0.4 is 21.1 Å². The first-order chi connectivity index (χ1) is 22.1. The Bertz CT molecular complexity index is 1830. The summed E-state index contributed by atoms with van der Waals surface area (Å²) in [4.78, 5) is 45.5. The van der Waals surface area contributed by atoms with Crippen molar-refractivity contribution in [1.29, 1.82) is 0 Å². The minimum Gasteiger partial charge on any atom is -0.493 e. The summed E-state index contributed by atoms with van der Waals surface area (Å²) in [5.74, 6) is -1.58. The molecule has 2 aliphatic rings. The molecule has 6 rings (SSSR count). The normalized spacial score (nSPS) is 15.1. The van der Waals surface area contributed by atoms with Crippen molar-refractivity contribution in [3.05, 3.63) is 87.0 Å². The molecule has 0 radical (unpaired) electrons. The number of carbonyl (C=O) groups is 3. The van der Waals surface area contributed by atoms with E-state index in [1.807, 2.05) is 38.3 Å². The molecule has 1 aliphatic heterocycles. The van der Waals surface area contributed by atoms with Crippen LogP contribution in [0.3, 0.4) is 0 Å². The van der Waals surface area contributed by atoms with Crippen LogP contribution in [-0.2, 0) is 13.0 Å². The van der Waals surface area contributed by atoms with E-state index in [4.69, 9.17) is 10.5 Å². The molecule has 1 aliphatic carbocycles. The minimum atomic E-state index is -1.31. The van der Waals surface area contributed by atoms with E-state index in [1.165, 1.54) is 6.07 Å². The van der Waals surface area contributed by atoms with Gasteiger partial charge in [0, 0.05) is 51.3 Å². The number of hydrogen-bond acceptors (Lipinski definition) is 7. The van der Waals surface area contributed by atoms with Crippen LogP contribution >= 0.6 is 11.3 Å². The standard InChI is InChI=1S/C36H38N4O5S/c1-20-15-22(19-37)16-21(2)30(20)39-33(41)26-17-27-29(45-13-9-23-10-14-46-32(23)27)18-25(26)24-7-8-28(38-31(24)35(43)44)34(42)40-36(3)11-5-4-6-12-36/h7-8,10,14-18H,4-6,9,11-13,19,37H2,1-3H3,(H,39,41)(H,40,42)(H,43,44). The number of nitrogens with zero attached hydrogens (tertiary/aromatic N) is 1. The topological polar surface area (TPSA) is 144 Å². The van der Waals surface area contributed by atoms with Gasteiger partial charge in [-0.05, 0) is 91.6 Å². The van der Waals surface area contributed by atoms with Gasteiger partial charge in [-0.2, -0.15) is 0 Å². The van der Waals surface area contributed by atoms with Crippen molar-refractivity contribution >= 4 is 34.8 Å². The lowest BCUT2D eigenvalue weighted by Gasteiger charge is -2.34. The molecule has 0 atom stereocenters. The molecule has 10 heteroatoms. The summed E-state index contributed by atoms with van der Waals surface area (Å²) in [6.07, 6.45) is 5.61. The SMILES string of the molecule is Cc1cc(CN)cc(C)c1NC(=O)c1cc2c(cc1-c1ccc(C(=O)NC3(C)CCCCC3)nc1C(=O)O)OCCc1ccsc1-2. The first kappa shape index (κ1) is 31.4. The highest BCUT2D eigenvalue weighted by Crippen LogP contribution is 2.43. The number of hydrogen-bond donors (Lipinski definition) is 4. The zero-order valence-electron chi connectivity index (χ0n) is 26.3. The Balaban J connectivity index is 1.46. The van der Waals surface area contributed by atoms with Crippen LogP contribution in [0.2, 0.25) is 0 Å². The average molecular weight is 639 g/mol. The predicted octanol–water partition coefficient (Wildman–Crippen LogP) is 6.89. The summed E-state index contributed by atoms with van der Waals surface area (Å²) >= 11 is 1.57. The van der Waals surface area contributed by atoms with Crippen LogP contribution in [-0.4, -0.2) is 40.0 Å². The van der Waals surface area contributed by atoms with Crippen LogP contribution in [0.1, 0.15) is 92.6 Å². The molecule has 1 saturated carbocycles. The van der Waals surface area contributed by atoms with Crippen molar-refractivity contribution < 1.29 is 24.2 Å². The van der Waals surface area contributed by atoms with E-state index in [0.29, 0.717) is 36.6 Å². The quantitative estimate of drug-likeness (QED) is 0.173. The molecule has 5 N–H and O–H groups in total. The fourth-order valence-electron chi connectivity index (χ4n) is 6.64. The lowest BCUT2D eigenvalue weighted by atomic mass is 9.83. The van der Waals surface area contributed by atoms with E-state index in [9.17, 15) is 19.5 Å². The largest absolute Gasteiger partial charge is 0.493 e. The fraction of sp³-hybridized carbons (Fsp3) is 0.333. The number of nitrogens with two attached hydrogens (primary N) is 1. The average Bonchev–Trinajstić information content (AvgIpc) is 3.43. The molecular formula is C36H38N4O5S. The zero-order chi connectivity index (χ0) is 32.6. The van der Waals surface area contributed by atoms with Crippen molar-refractivity contribution in [2.75, 3.05) is 11.9 Å². The Morgan fingerprint density at radius 2 is 1.72 bits per heavy atom. The van der Waals surface area contributed by atoms with Gasteiger partial charge in [-0.15, -0.1) is 11.3 Å². The van der Waals surface area contributed by atoms with E-state index >= 15 is 0 Å². The molecule has 0 saturated heterocycles. The molecule has 0 unspecified atom stereocenters. The second-order valence-electron chi connectivity index (χ2n) is 12.5. The zero-order valence-corrected chi connectivity index (χ0v) is 27.1. The minimum absolute atomic E-state index is 0.0134. The number of fused-ring (bicyclic) bond motifs is 3. The van der Waals surface area contributed by atoms with Gasteiger partial charge in [-0.25, -0.2) is 9.78 Å². The van der Waals surface area contributed by atoms with Crippen molar-refractivity contribution in [2.24, 2.45) is 5.73 Å². The number of anilines is 1. The molecule has 238 valence electrons. The number of thiophene rings is 1. The lowest BCUT2D eigenvalue weighted by Crippen LogP contribution is -2.47. The van der Waals surface area contributed by atoms with E-state index in [2.05, 4.69) is 21.7 Å². The summed E-state index contributed by atoms with van der Waals surface area (Å²) in [7, 11) is 0. The van der Waals surface area contributed by atoms with Gasteiger partial charge in [-0.1, -0.05) is 31.4 Å². The van der Waals surface area contributed by atoms with Crippen LogP contribution in [0.25, 0.3) is 21.6 Å². The summed E-state index contributed by atoms with van der Waals surface area (Å²) in [5, 5.41) is 18.5. The van der Waals surface area contributed by atoms with Gasteiger partial charge in [0.2, 0.25) is 0 Å². The predicted molar refractivity (Wildman–Crippen MR) is 180 cm³/mol. The number of rotatable bonds is 7. The third-order valence-corrected chi connectivity index (χ3v) is 10.0. The Hall–Kier alpha value is -4.54. The molecule has 46 heavy (non-hydrogen) atoms. The monoisotopic (exact) mass is 638 g/mol.